The molecule has 7 nitrogen and oxygen atoms in total. The summed E-state index contributed by atoms with van der Waals surface area (Å²) in [6.45, 7) is 2.31. The quantitative estimate of drug-likeness (QED) is 0.820. The van der Waals surface area contributed by atoms with Crippen molar-refractivity contribution in [3.8, 4) is 6.07 Å². The van der Waals surface area contributed by atoms with Gasteiger partial charge in [0.05, 0.1) is 11.3 Å². The largest absolute Gasteiger partial charge is 0.395 e. The summed E-state index contributed by atoms with van der Waals surface area (Å²) in [5, 5.41) is 15.6. The van der Waals surface area contributed by atoms with E-state index >= 15 is 0 Å². The molecule has 0 aliphatic heterocycles. The van der Waals surface area contributed by atoms with Crippen molar-refractivity contribution in [1.29, 1.82) is 5.26 Å². The minimum atomic E-state index is 0.349. The van der Waals surface area contributed by atoms with Crippen molar-refractivity contribution in [2.45, 2.75) is 13.3 Å². The summed E-state index contributed by atoms with van der Waals surface area (Å²) in [6.07, 6.45) is 2.10. The standard InChI is InChI=1S/C11H12N6O/c1-7-16-9(18-17-7)3-5-15-11-10(13)8(6-12)2-4-14-11/h2,4H,3,5,13H2,1H3,(H,14,15). The number of nitrogens with one attached hydrogen (secondary N) is 1. The summed E-state index contributed by atoms with van der Waals surface area (Å²) >= 11 is 0. The summed E-state index contributed by atoms with van der Waals surface area (Å²) < 4.78 is 4.97. The molecule has 0 unspecified atom stereocenters. The minimum Gasteiger partial charge on any atom is -0.395 e. The first-order valence-corrected chi connectivity index (χ1v) is 5.38. The molecule has 0 aliphatic rings. The first kappa shape index (κ1) is 11.9. The lowest BCUT2D eigenvalue weighted by Crippen LogP contribution is -2.09. The molecule has 0 atom stereocenters. The average molecular weight is 244 g/mol. The van der Waals surface area contributed by atoms with Crippen molar-refractivity contribution in [3.63, 3.8) is 0 Å². The van der Waals surface area contributed by atoms with Crippen molar-refractivity contribution >= 4 is 11.5 Å². The predicted octanol–water partition coefficient (Wildman–Crippen LogP) is 0.881. The van der Waals surface area contributed by atoms with Gasteiger partial charge in [0, 0.05) is 19.2 Å². The van der Waals surface area contributed by atoms with E-state index in [0.29, 0.717) is 41.7 Å². The van der Waals surface area contributed by atoms with Crippen LogP contribution in [-0.2, 0) is 6.42 Å². The number of aromatic nitrogens is 3. The molecule has 2 heterocycles. The Balaban J connectivity index is 1.97. The van der Waals surface area contributed by atoms with Crippen LogP contribution < -0.4 is 11.1 Å². The van der Waals surface area contributed by atoms with E-state index in [4.69, 9.17) is 15.5 Å². The number of hydrogen-bond acceptors (Lipinski definition) is 7. The zero-order valence-corrected chi connectivity index (χ0v) is 9.84. The lowest BCUT2D eigenvalue weighted by atomic mass is 10.2. The molecule has 92 valence electrons. The number of anilines is 2. The summed E-state index contributed by atoms with van der Waals surface area (Å²) in [5.74, 6) is 1.65. The van der Waals surface area contributed by atoms with Gasteiger partial charge in [0.25, 0.3) is 0 Å². The van der Waals surface area contributed by atoms with E-state index < -0.39 is 0 Å². The number of nitriles is 1. The van der Waals surface area contributed by atoms with Crippen LogP contribution in [0.25, 0.3) is 0 Å². The van der Waals surface area contributed by atoms with E-state index in [0.717, 1.165) is 0 Å². The van der Waals surface area contributed by atoms with Gasteiger partial charge in [0.1, 0.15) is 6.07 Å². The van der Waals surface area contributed by atoms with E-state index in [9.17, 15) is 0 Å². The summed E-state index contributed by atoms with van der Waals surface area (Å²) in [5.41, 5.74) is 6.53. The Kier molecular flexibility index (Phi) is 3.38. The molecule has 2 aromatic rings. The van der Waals surface area contributed by atoms with Crippen LogP contribution in [0.15, 0.2) is 16.8 Å². The Morgan fingerprint density at radius 1 is 1.56 bits per heavy atom. The first-order chi connectivity index (χ1) is 8.70. The number of nitrogens with zero attached hydrogens (tertiary/aromatic N) is 4. The van der Waals surface area contributed by atoms with Gasteiger partial charge in [0.2, 0.25) is 5.89 Å². The Labute approximate surface area is 104 Å². The highest BCUT2D eigenvalue weighted by molar-refractivity contribution is 5.68. The van der Waals surface area contributed by atoms with Crippen molar-refractivity contribution in [2.75, 3.05) is 17.6 Å². The van der Waals surface area contributed by atoms with Gasteiger partial charge >= 0.3 is 0 Å². The van der Waals surface area contributed by atoms with Crippen LogP contribution in [0, 0.1) is 18.3 Å². The number of rotatable bonds is 4. The van der Waals surface area contributed by atoms with E-state index in [1.165, 1.54) is 6.20 Å². The second-order valence-corrected chi connectivity index (χ2v) is 3.64. The summed E-state index contributed by atoms with van der Waals surface area (Å²) in [4.78, 5) is 8.15. The maximum atomic E-state index is 8.83. The van der Waals surface area contributed by atoms with Gasteiger partial charge in [-0.25, -0.2) is 4.98 Å². The molecule has 0 bridgehead atoms. The molecule has 2 aromatic heterocycles. The molecule has 0 radical (unpaired) electrons. The number of aryl methyl sites for hydroxylation is 1. The van der Waals surface area contributed by atoms with Crippen LogP contribution in [0.5, 0.6) is 0 Å². The highest BCUT2D eigenvalue weighted by Crippen LogP contribution is 2.18. The molecule has 0 amide bonds. The number of nitrogens with two attached hydrogens (primary N) is 1. The Hall–Kier alpha value is -2.62. The topological polar surface area (TPSA) is 114 Å². The monoisotopic (exact) mass is 244 g/mol. The molecular formula is C11H12N6O. The fraction of sp³-hybridized carbons (Fsp3) is 0.273. The fourth-order valence-electron chi connectivity index (χ4n) is 1.44. The SMILES string of the molecule is Cc1noc(CCNc2nccc(C#N)c2N)n1. The maximum absolute atomic E-state index is 8.83. The Bertz CT molecular complexity index is 585. The third-order valence-electron chi connectivity index (χ3n) is 2.31. The zero-order chi connectivity index (χ0) is 13.0. The molecule has 0 aliphatic carbocycles. The van der Waals surface area contributed by atoms with Crippen LogP contribution in [0.4, 0.5) is 11.5 Å². The van der Waals surface area contributed by atoms with E-state index in [2.05, 4.69) is 20.4 Å². The summed E-state index contributed by atoms with van der Waals surface area (Å²) in [7, 11) is 0. The molecule has 7 heteroatoms. The van der Waals surface area contributed by atoms with Gasteiger partial charge in [-0.05, 0) is 13.0 Å². The minimum absolute atomic E-state index is 0.349. The highest BCUT2D eigenvalue weighted by atomic mass is 16.5. The third kappa shape index (κ3) is 2.55. The molecule has 0 fully saturated rings. The molecule has 2 rings (SSSR count). The van der Waals surface area contributed by atoms with Gasteiger partial charge in [0.15, 0.2) is 11.6 Å². The molecule has 0 saturated heterocycles. The molecule has 0 aromatic carbocycles. The van der Waals surface area contributed by atoms with Gasteiger partial charge < -0.3 is 15.6 Å². The fourth-order valence-corrected chi connectivity index (χ4v) is 1.44. The molecule has 0 spiro atoms. The second kappa shape index (κ2) is 5.14. The second-order valence-electron chi connectivity index (χ2n) is 3.64. The van der Waals surface area contributed by atoms with Gasteiger partial charge in [-0.1, -0.05) is 5.16 Å². The van der Waals surface area contributed by atoms with Crippen molar-refractivity contribution in [3.05, 3.63) is 29.5 Å². The van der Waals surface area contributed by atoms with Crippen LogP contribution in [-0.4, -0.2) is 21.7 Å². The third-order valence-corrected chi connectivity index (χ3v) is 2.31. The zero-order valence-electron chi connectivity index (χ0n) is 9.84. The van der Waals surface area contributed by atoms with E-state index in [1.807, 2.05) is 6.07 Å². The smallest absolute Gasteiger partial charge is 0.228 e. The summed E-state index contributed by atoms with van der Waals surface area (Å²) in [6, 6.07) is 3.57. The first-order valence-electron chi connectivity index (χ1n) is 5.38. The van der Waals surface area contributed by atoms with Crippen LogP contribution in [0.2, 0.25) is 0 Å². The van der Waals surface area contributed by atoms with Gasteiger partial charge in [-0.15, -0.1) is 0 Å². The lowest BCUT2D eigenvalue weighted by Gasteiger charge is -2.07. The van der Waals surface area contributed by atoms with Crippen LogP contribution in [0.3, 0.4) is 0 Å². The molecular weight excluding hydrogens is 232 g/mol. The number of pyridine rings is 1. The molecule has 18 heavy (non-hydrogen) atoms. The lowest BCUT2D eigenvalue weighted by molar-refractivity contribution is 0.377. The van der Waals surface area contributed by atoms with E-state index in [-0.39, 0.29) is 0 Å². The molecule has 0 saturated carbocycles. The van der Waals surface area contributed by atoms with Crippen molar-refractivity contribution in [2.24, 2.45) is 0 Å². The predicted molar refractivity (Wildman–Crippen MR) is 64.6 cm³/mol. The Morgan fingerprint density at radius 2 is 2.39 bits per heavy atom. The number of nitrogen functional groups attached to an aromatic ring is 1. The van der Waals surface area contributed by atoms with Crippen LogP contribution >= 0.6 is 0 Å². The van der Waals surface area contributed by atoms with Crippen molar-refractivity contribution < 1.29 is 4.52 Å². The van der Waals surface area contributed by atoms with Crippen LogP contribution in [0.1, 0.15) is 17.3 Å². The Morgan fingerprint density at radius 3 is 3.06 bits per heavy atom. The van der Waals surface area contributed by atoms with Gasteiger partial charge in [-0.2, -0.15) is 10.2 Å². The van der Waals surface area contributed by atoms with Crippen molar-refractivity contribution in [1.82, 2.24) is 15.1 Å². The molecule has 3 N–H and O–H groups in total. The van der Waals surface area contributed by atoms with E-state index in [1.54, 1.807) is 13.0 Å². The van der Waals surface area contributed by atoms with Gasteiger partial charge in [-0.3, -0.25) is 0 Å². The highest BCUT2D eigenvalue weighted by Gasteiger charge is 2.06. The average Bonchev–Trinajstić information content (AvgIpc) is 2.77. The normalized spacial score (nSPS) is 10.0. The number of hydrogen-bond donors (Lipinski definition) is 2. The maximum Gasteiger partial charge on any atom is 0.228 e.